The molecular formula is C23H27NO6. The van der Waals surface area contributed by atoms with Crippen molar-refractivity contribution in [3.8, 4) is 17.2 Å². The first-order valence-corrected chi connectivity index (χ1v) is 9.76. The van der Waals surface area contributed by atoms with Crippen molar-refractivity contribution in [1.29, 1.82) is 0 Å². The zero-order valence-electron chi connectivity index (χ0n) is 17.9. The van der Waals surface area contributed by atoms with Gasteiger partial charge in [-0.2, -0.15) is 0 Å². The van der Waals surface area contributed by atoms with Crippen LogP contribution in [0.3, 0.4) is 0 Å². The second-order valence-corrected chi connectivity index (χ2v) is 7.23. The van der Waals surface area contributed by atoms with Crippen molar-refractivity contribution in [2.24, 2.45) is 5.41 Å². The molecule has 0 heterocycles. The highest BCUT2D eigenvalue weighted by molar-refractivity contribution is 6.13. The van der Waals surface area contributed by atoms with Crippen LogP contribution < -0.4 is 19.5 Å². The topological polar surface area (TPSA) is 83.1 Å². The fraction of sp³-hybridized carbons (Fsp3) is 0.391. The molecule has 2 aromatic rings. The monoisotopic (exact) mass is 413 g/mol. The number of esters is 1. The van der Waals surface area contributed by atoms with Gasteiger partial charge in [0, 0.05) is 11.6 Å². The summed E-state index contributed by atoms with van der Waals surface area (Å²) in [6, 6.07) is 11.0. The van der Waals surface area contributed by atoms with Crippen molar-refractivity contribution in [3.05, 3.63) is 47.5 Å². The number of nitrogens with one attached hydrogen (secondary N) is 1. The average molecular weight is 413 g/mol. The lowest BCUT2D eigenvalue weighted by molar-refractivity contribution is -0.153. The predicted octanol–water partition coefficient (Wildman–Crippen LogP) is 3.70. The van der Waals surface area contributed by atoms with Gasteiger partial charge in [-0.3, -0.25) is 9.59 Å². The molecule has 1 aliphatic rings. The first-order chi connectivity index (χ1) is 14.4. The minimum atomic E-state index is -1.30. The van der Waals surface area contributed by atoms with Gasteiger partial charge in [-0.15, -0.1) is 0 Å². The SMILES string of the molecule is CCOC(=O)[C@]1(C(=O)Nc2ccc(C)cc2)C[C@H]1c1cc(OC)c(OC)c(OC)c1. The third-order valence-corrected chi connectivity index (χ3v) is 5.40. The number of methoxy groups -OCH3 is 3. The molecule has 0 aliphatic heterocycles. The van der Waals surface area contributed by atoms with E-state index in [0.29, 0.717) is 29.4 Å². The first kappa shape index (κ1) is 21.5. The van der Waals surface area contributed by atoms with Gasteiger partial charge >= 0.3 is 5.97 Å². The van der Waals surface area contributed by atoms with Crippen molar-refractivity contribution < 1.29 is 28.5 Å². The summed E-state index contributed by atoms with van der Waals surface area (Å²) in [6.45, 7) is 3.88. The van der Waals surface area contributed by atoms with Crippen LogP contribution in [0, 0.1) is 12.3 Å². The third-order valence-electron chi connectivity index (χ3n) is 5.40. The minimum absolute atomic E-state index is 0.195. The number of aryl methyl sites for hydroxylation is 1. The maximum atomic E-state index is 13.2. The van der Waals surface area contributed by atoms with Crippen LogP contribution in [0.4, 0.5) is 5.69 Å². The average Bonchev–Trinajstić information content (AvgIpc) is 3.51. The lowest BCUT2D eigenvalue weighted by Gasteiger charge is -2.18. The molecule has 1 N–H and O–H groups in total. The molecule has 0 aromatic heterocycles. The Morgan fingerprint density at radius 2 is 1.63 bits per heavy atom. The maximum Gasteiger partial charge on any atom is 0.322 e. The molecule has 160 valence electrons. The number of carbonyl (C=O) groups is 2. The fourth-order valence-electron chi connectivity index (χ4n) is 3.68. The molecule has 0 saturated heterocycles. The van der Waals surface area contributed by atoms with Crippen LogP contribution in [0.1, 0.15) is 30.4 Å². The Morgan fingerprint density at radius 3 is 2.13 bits per heavy atom. The highest BCUT2D eigenvalue weighted by Crippen LogP contribution is 2.62. The summed E-state index contributed by atoms with van der Waals surface area (Å²) < 4.78 is 21.5. The summed E-state index contributed by atoms with van der Waals surface area (Å²) in [5, 5.41) is 2.86. The predicted molar refractivity (Wildman–Crippen MR) is 112 cm³/mol. The number of carbonyl (C=O) groups excluding carboxylic acids is 2. The van der Waals surface area contributed by atoms with E-state index in [-0.39, 0.29) is 18.4 Å². The molecule has 2 aromatic carbocycles. The first-order valence-electron chi connectivity index (χ1n) is 9.76. The highest BCUT2D eigenvalue weighted by atomic mass is 16.5. The van der Waals surface area contributed by atoms with Gasteiger partial charge < -0.3 is 24.3 Å². The summed E-state index contributed by atoms with van der Waals surface area (Å²) >= 11 is 0. The zero-order chi connectivity index (χ0) is 21.9. The van der Waals surface area contributed by atoms with Crippen LogP contribution in [-0.2, 0) is 14.3 Å². The van der Waals surface area contributed by atoms with Gasteiger partial charge in [0.25, 0.3) is 0 Å². The Balaban J connectivity index is 1.96. The van der Waals surface area contributed by atoms with Crippen LogP contribution in [-0.4, -0.2) is 39.8 Å². The number of rotatable bonds is 8. The number of hydrogen-bond donors (Lipinski definition) is 1. The Morgan fingerprint density at radius 1 is 1.03 bits per heavy atom. The van der Waals surface area contributed by atoms with Gasteiger partial charge in [0.05, 0.1) is 27.9 Å². The van der Waals surface area contributed by atoms with Crippen LogP contribution in [0.25, 0.3) is 0 Å². The van der Waals surface area contributed by atoms with Gasteiger partial charge in [0.15, 0.2) is 16.9 Å². The zero-order valence-corrected chi connectivity index (χ0v) is 17.9. The van der Waals surface area contributed by atoms with Crippen molar-refractivity contribution in [1.82, 2.24) is 0 Å². The molecule has 0 unspecified atom stereocenters. The summed E-state index contributed by atoms with van der Waals surface area (Å²) in [7, 11) is 4.57. The van der Waals surface area contributed by atoms with Gasteiger partial charge in [-0.25, -0.2) is 0 Å². The van der Waals surface area contributed by atoms with E-state index in [1.165, 1.54) is 21.3 Å². The van der Waals surface area contributed by atoms with Crippen molar-refractivity contribution >= 4 is 17.6 Å². The van der Waals surface area contributed by atoms with Crippen LogP contribution >= 0.6 is 0 Å². The minimum Gasteiger partial charge on any atom is -0.493 e. The standard InChI is InChI=1S/C23H27NO6/c1-6-30-22(26)23(21(25)24-16-9-7-14(2)8-10-16)13-17(23)15-11-18(27-3)20(29-5)19(12-15)28-4/h7-12,17H,6,13H2,1-5H3,(H,24,25)/t17-,23+/m0/s1. The van der Waals surface area contributed by atoms with Crippen molar-refractivity contribution in [2.75, 3.05) is 33.3 Å². The summed E-state index contributed by atoms with van der Waals surface area (Å²) in [6.07, 6.45) is 0.335. The number of benzene rings is 2. The quantitative estimate of drug-likeness (QED) is 0.525. The molecule has 1 aliphatic carbocycles. The lowest BCUT2D eigenvalue weighted by Crippen LogP contribution is -2.34. The molecule has 1 amide bonds. The van der Waals surface area contributed by atoms with E-state index < -0.39 is 11.4 Å². The van der Waals surface area contributed by atoms with Crippen LogP contribution in [0.2, 0.25) is 0 Å². The molecular weight excluding hydrogens is 386 g/mol. The summed E-state index contributed by atoms with van der Waals surface area (Å²) in [5.74, 6) is 0.105. The Kier molecular flexibility index (Phi) is 6.20. The fourth-order valence-corrected chi connectivity index (χ4v) is 3.68. The second-order valence-electron chi connectivity index (χ2n) is 7.23. The summed E-state index contributed by atoms with van der Waals surface area (Å²) in [4.78, 5) is 26.1. The van der Waals surface area contributed by atoms with Crippen molar-refractivity contribution in [2.45, 2.75) is 26.2 Å². The second kappa shape index (κ2) is 8.65. The number of ether oxygens (including phenoxy) is 4. The molecule has 3 rings (SSSR count). The molecule has 7 heteroatoms. The van der Waals surface area contributed by atoms with E-state index in [9.17, 15) is 9.59 Å². The van der Waals surface area contributed by atoms with Gasteiger partial charge in [-0.05, 0) is 50.1 Å². The molecule has 0 spiro atoms. The van der Waals surface area contributed by atoms with E-state index in [4.69, 9.17) is 18.9 Å². The number of hydrogen-bond acceptors (Lipinski definition) is 6. The Hall–Kier alpha value is -3.22. The largest absolute Gasteiger partial charge is 0.493 e. The lowest BCUT2D eigenvalue weighted by atomic mass is 9.97. The normalized spacial score (nSPS) is 19.6. The molecule has 1 fully saturated rings. The summed E-state index contributed by atoms with van der Waals surface area (Å²) in [5.41, 5.74) is 1.15. The third kappa shape index (κ3) is 3.79. The molecule has 1 saturated carbocycles. The molecule has 0 radical (unpaired) electrons. The van der Waals surface area contributed by atoms with Crippen molar-refractivity contribution in [3.63, 3.8) is 0 Å². The van der Waals surface area contributed by atoms with Crippen LogP contribution in [0.5, 0.6) is 17.2 Å². The highest BCUT2D eigenvalue weighted by Gasteiger charge is 2.67. The molecule has 0 bridgehead atoms. The van der Waals surface area contributed by atoms with Crippen LogP contribution in [0.15, 0.2) is 36.4 Å². The van der Waals surface area contributed by atoms with E-state index in [1.54, 1.807) is 19.1 Å². The van der Waals surface area contributed by atoms with Gasteiger partial charge in [0.1, 0.15) is 0 Å². The van der Waals surface area contributed by atoms with E-state index >= 15 is 0 Å². The van der Waals surface area contributed by atoms with E-state index in [2.05, 4.69) is 5.32 Å². The Labute approximate surface area is 176 Å². The maximum absolute atomic E-state index is 13.2. The molecule has 7 nitrogen and oxygen atoms in total. The number of anilines is 1. The molecule has 2 atom stereocenters. The van der Waals surface area contributed by atoms with E-state index in [1.807, 2.05) is 31.2 Å². The van der Waals surface area contributed by atoms with Gasteiger partial charge in [-0.1, -0.05) is 17.7 Å². The smallest absolute Gasteiger partial charge is 0.322 e. The molecule has 30 heavy (non-hydrogen) atoms. The number of amides is 1. The Bertz CT molecular complexity index is 914. The van der Waals surface area contributed by atoms with E-state index in [0.717, 1.165) is 11.1 Å². The van der Waals surface area contributed by atoms with Gasteiger partial charge in [0.2, 0.25) is 11.7 Å².